The maximum absolute atomic E-state index is 13.1. The molecule has 0 spiro atoms. The standard InChI is InChI=1S/C20H36O7P2/c1-14(2)24-28(22,25-15(3)4)13-18-9-11-19(12-10-18)20(21)29(23,26-16(5)6)27-17(7)8/h9-12,14-17,20-21H,13H2,1-8H3. The molecule has 0 saturated carbocycles. The van der Waals surface area contributed by atoms with Gasteiger partial charge in [-0.1, -0.05) is 24.3 Å². The lowest BCUT2D eigenvalue weighted by atomic mass is 10.2. The first-order chi connectivity index (χ1) is 13.3. The van der Waals surface area contributed by atoms with Gasteiger partial charge in [-0.15, -0.1) is 0 Å². The van der Waals surface area contributed by atoms with Crippen molar-refractivity contribution in [2.45, 2.75) is 91.8 Å². The second kappa shape index (κ2) is 11.2. The molecule has 0 radical (unpaired) electrons. The van der Waals surface area contributed by atoms with E-state index in [1.807, 2.05) is 0 Å². The third-order valence-corrected chi connectivity index (χ3v) is 7.98. The summed E-state index contributed by atoms with van der Waals surface area (Å²) >= 11 is 0. The first-order valence-electron chi connectivity index (χ1n) is 9.95. The van der Waals surface area contributed by atoms with E-state index < -0.39 is 21.0 Å². The maximum atomic E-state index is 13.1. The number of hydrogen-bond acceptors (Lipinski definition) is 7. The average Bonchev–Trinajstić information content (AvgIpc) is 2.51. The van der Waals surface area contributed by atoms with Gasteiger partial charge in [0.25, 0.3) is 0 Å². The van der Waals surface area contributed by atoms with Crippen molar-refractivity contribution in [1.82, 2.24) is 0 Å². The lowest BCUT2D eigenvalue weighted by Gasteiger charge is -2.27. The Morgan fingerprint density at radius 2 is 1.10 bits per heavy atom. The first-order valence-corrected chi connectivity index (χ1v) is 13.3. The molecule has 29 heavy (non-hydrogen) atoms. The van der Waals surface area contributed by atoms with E-state index in [-0.39, 0.29) is 30.6 Å². The smallest absolute Gasteiger partial charge is 0.363 e. The van der Waals surface area contributed by atoms with Crippen molar-refractivity contribution in [3.05, 3.63) is 35.4 Å². The fourth-order valence-corrected chi connectivity index (χ4v) is 6.81. The quantitative estimate of drug-likeness (QED) is 0.376. The molecule has 0 saturated heterocycles. The zero-order chi connectivity index (χ0) is 22.4. The zero-order valence-corrected chi connectivity index (χ0v) is 20.5. The molecule has 1 atom stereocenters. The third kappa shape index (κ3) is 9.02. The van der Waals surface area contributed by atoms with Crippen LogP contribution in [-0.4, -0.2) is 29.5 Å². The van der Waals surface area contributed by atoms with Gasteiger partial charge in [0, 0.05) is 0 Å². The maximum Gasteiger partial charge on any atom is 0.363 e. The Bertz CT molecular complexity index is 686. The highest BCUT2D eigenvalue weighted by Crippen LogP contribution is 2.61. The summed E-state index contributed by atoms with van der Waals surface area (Å²) in [5.74, 6) is -1.42. The topological polar surface area (TPSA) is 91.3 Å². The van der Waals surface area contributed by atoms with E-state index in [0.29, 0.717) is 5.56 Å². The molecule has 1 rings (SSSR count). The van der Waals surface area contributed by atoms with Crippen LogP contribution in [0.2, 0.25) is 0 Å². The van der Waals surface area contributed by atoms with Gasteiger partial charge in [-0.05, 0) is 66.5 Å². The summed E-state index contributed by atoms with van der Waals surface area (Å²) in [5, 5.41) is 10.7. The number of rotatable bonds is 12. The van der Waals surface area contributed by atoms with Gasteiger partial charge in [-0.25, -0.2) is 0 Å². The van der Waals surface area contributed by atoms with E-state index in [1.54, 1.807) is 79.7 Å². The van der Waals surface area contributed by atoms with Crippen LogP contribution in [0.1, 0.15) is 72.4 Å². The van der Waals surface area contributed by atoms with Gasteiger partial charge >= 0.3 is 15.2 Å². The van der Waals surface area contributed by atoms with Crippen LogP contribution < -0.4 is 0 Å². The van der Waals surface area contributed by atoms with Crippen LogP contribution in [-0.2, 0) is 33.4 Å². The minimum atomic E-state index is -3.79. The van der Waals surface area contributed by atoms with Gasteiger partial charge in [-0.3, -0.25) is 9.13 Å². The molecule has 0 bridgehead atoms. The van der Waals surface area contributed by atoms with Crippen molar-refractivity contribution >= 4 is 15.2 Å². The van der Waals surface area contributed by atoms with Crippen LogP contribution in [0.15, 0.2) is 24.3 Å². The number of aliphatic hydroxyl groups excluding tert-OH is 1. The van der Waals surface area contributed by atoms with Gasteiger partial charge in [0.15, 0.2) is 5.85 Å². The Balaban J connectivity index is 3.06. The zero-order valence-electron chi connectivity index (χ0n) is 18.7. The van der Waals surface area contributed by atoms with Crippen LogP contribution >= 0.6 is 15.2 Å². The van der Waals surface area contributed by atoms with Crippen molar-refractivity contribution in [3.8, 4) is 0 Å². The Morgan fingerprint density at radius 3 is 1.45 bits per heavy atom. The van der Waals surface area contributed by atoms with Gasteiger partial charge in [0.05, 0.1) is 30.6 Å². The van der Waals surface area contributed by atoms with Crippen LogP contribution in [0, 0.1) is 0 Å². The summed E-state index contributed by atoms with van der Waals surface area (Å²) in [6, 6.07) is 6.64. The fourth-order valence-electron chi connectivity index (χ4n) is 2.67. The van der Waals surface area contributed by atoms with Crippen molar-refractivity contribution < 1.29 is 32.3 Å². The highest BCUT2D eigenvalue weighted by molar-refractivity contribution is 7.54. The first kappa shape index (κ1) is 26.5. The number of hydrogen-bond donors (Lipinski definition) is 1. The summed E-state index contributed by atoms with van der Waals surface area (Å²) < 4.78 is 48.2. The van der Waals surface area contributed by atoms with Crippen LogP contribution in [0.4, 0.5) is 0 Å². The number of benzene rings is 1. The molecule has 168 valence electrons. The highest BCUT2D eigenvalue weighted by atomic mass is 31.2. The lowest BCUT2D eigenvalue weighted by Crippen LogP contribution is -2.13. The number of aliphatic hydroxyl groups is 1. The second-order valence-corrected chi connectivity index (χ2v) is 12.0. The van der Waals surface area contributed by atoms with E-state index in [2.05, 4.69) is 0 Å². The third-order valence-electron chi connectivity index (χ3n) is 3.41. The van der Waals surface area contributed by atoms with E-state index in [0.717, 1.165) is 5.56 Å². The van der Waals surface area contributed by atoms with Crippen LogP contribution in [0.25, 0.3) is 0 Å². The molecule has 0 aliphatic rings. The van der Waals surface area contributed by atoms with Crippen LogP contribution in [0.3, 0.4) is 0 Å². The van der Waals surface area contributed by atoms with Crippen molar-refractivity contribution in [3.63, 3.8) is 0 Å². The molecule has 0 amide bonds. The normalized spacial score (nSPS) is 14.4. The van der Waals surface area contributed by atoms with E-state index in [1.165, 1.54) is 0 Å². The summed E-state index contributed by atoms with van der Waals surface area (Å²) in [4.78, 5) is 0. The molecular formula is C20H36O7P2. The van der Waals surface area contributed by atoms with E-state index in [4.69, 9.17) is 18.1 Å². The molecule has 1 aromatic carbocycles. The molecule has 1 aromatic rings. The molecule has 0 aliphatic heterocycles. The molecule has 0 heterocycles. The fraction of sp³-hybridized carbons (Fsp3) is 0.700. The summed E-state index contributed by atoms with van der Waals surface area (Å²) in [6.07, 6.45) is -1.13. The van der Waals surface area contributed by atoms with E-state index >= 15 is 0 Å². The summed E-state index contributed by atoms with van der Waals surface area (Å²) in [6.45, 7) is 14.1. The van der Waals surface area contributed by atoms with Crippen LogP contribution in [0.5, 0.6) is 0 Å². The molecule has 7 nitrogen and oxygen atoms in total. The van der Waals surface area contributed by atoms with Crippen molar-refractivity contribution in [1.29, 1.82) is 0 Å². The molecule has 1 unspecified atom stereocenters. The Kier molecular flexibility index (Phi) is 10.2. The predicted molar refractivity (Wildman–Crippen MR) is 115 cm³/mol. The van der Waals surface area contributed by atoms with Crippen molar-refractivity contribution in [2.24, 2.45) is 0 Å². The van der Waals surface area contributed by atoms with Gasteiger partial charge < -0.3 is 23.2 Å². The Morgan fingerprint density at radius 1 is 0.724 bits per heavy atom. The minimum absolute atomic E-state index is 0.0996. The molecule has 0 fully saturated rings. The summed E-state index contributed by atoms with van der Waals surface area (Å²) in [7, 11) is -7.12. The van der Waals surface area contributed by atoms with E-state index in [9.17, 15) is 14.2 Å². The average molecular weight is 450 g/mol. The van der Waals surface area contributed by atoms with Gasteiger partial charge in [-0.2, -0.15) is 0 Å². The largest absolute Gasteiger partial charge is 0.376 e. The lowest BCUT2D eigenvalue weighted by molar-refractivity contribution is 0.101. The minimum Gasteiger partial charge on any atom is -0.376 e. The predicted octanol–water partition coefficient (Wildman–Crippen LogP) is 6.26. The summed E-state index contributed by atoms with van der Waals surface area (Å²) in [5.41, 5.74) is 1.11. The van der Waals surface area contributed by atoms with Gasteiger partial charge in [0.2, 0.25) is 0 Å². The Labute approximate surface area is 175 Å². The molecule has 0 aromatic heterocycles. The molecule has 1 N–H and O–H groups in total. The second-order valence-electron chi connectivity index (χ2n) is 8.04. The van der Waals surface area contributed by atoms with Crippen molar-refractivity contribution in [2.75, 3.05) is 0 Å². The van der Waals surface area contributed by atoms with Gasteiger partial charge in [0.1, 0.15) is 0 Å². The highest BCUT2D eigenvalue weighted by Gasteiger charge is 2.38. The Hall–Kier alpha value is -0.520. The monoisotopic (exact) mass is 450 g/mol. The molecular weight excluding hydrogens is 414 g/mol. The molecule has 9 heteroatoms. The molecule has 0 aliphatic carbocycles. The SMILES string of the molecule is CC(C)OP(=O)(Cc1ccc(C(O)P(=O)(OC(C)C)OC(C)C)cc1)OC(C)C.